The van der Waals surface area contributed by atoms with Gasteiger partial charge in [0.1, 0.15) is 0 Å². The molecule has 0 unspecified atom stereocenters. The molecule has 0 aliphatic rings. The maximum absolute atomic E-state index is 12.3. The van der Waals surface area contributed by atoms with E-state index in [1.807, 2.05) is 6.92 Å². The van der Waals surface area contributed by atoms with Crippen LogP contribution in [-0.2, 0) is 19.9 Å². The standard InChI is InChI=1S/C16H19NO4S2/c1-12-4-8-16(9-5-12)23(20,21)17-13(2)14-6-10-15(11-7-14)22(3,18)19/h4-11,13,17H,1-3H3/t13-/m0/s1. The van der Waals surface area contributed by atoms with Gasteiger partial charge in [-0.3, -0.25) is 0 Å². The number of hydrogen-bond acceptors (Lipinski definition) is 4. The summed E-state index contributed by atoms with van der Waals surface area (Å²) in [4.78, 5) is 0.401. The number of rotatable bonds is 5. The van der Waals surface area contributed by atoms with Crippen molar-refractivity contribution in [2.75, 3.05) is 6.26 Å². The largest absolute Gasteiger partial charge is 0.241 e. The SMILES string of the molecule is Cc1ccc(S(=O)(=O)N[C@@H](C)c2ccc(S(C)(=O)=O)cc2)cc1. The van der Waals surface area contributed by atoms with E-state index in [1.54, 1.807) is 43.3 Å². The smallest absolute Gasteiger partial charge is 0.224 e. The summed E-state index contributed by atoms with van der Waals surface area (Å²) in [6.45, 7) is 3.59. The van der Waals surface area contributed by atoms with Crippen LogP contribution in [0.3, 0.4) is 0 Å². The molecule has 7 heteroatoms. The Labute approximate surface area is 137 Å². The van der Waals surface area contributed by atoms with Crippen molar-refractivity contribution < 1.29 is 16.8 Å². The van der Waals surface area contributed by atoms with Gasteiger partial charge >= 0.3 is 0 Å². The third kappa shape index (κ3) is 4.40. The van der Waals surface area contributed by atoms with E-state index in [-0.39, 0.29) is 9.79 Å². The van der Waals surface area contributed by atoms with Gasteiger partial charge in [0.15, 0.2) is 9.84 Å². The van der Waals surface area contributed by atoms with Crippen LogP contribution >= 0.6 is 0 Å². The number of nitrogens with one attached hydrogen (secondary N) is 1. The minimum atomic E-state index is -3.63. The predicted octanol–water partition coefficient (Wildman–Crippen LogP) is 2.44. The van der Waals surface area contributed by atoms with Gasteiger partial charge < -0.3 is 0 Å². The highest BCUT2D eigenvalue weighted by Crippen LogP contribution is 2.19. The summed E-state index contributed by atoms with van der Waals surface area (Å²) in [5, 5.41) is 0. The highest BCUT2D eigenvalue weighted by atomic mass is 32.2. The molecule has 0 saturated carbocycles. The van der Waals surface area contributed by atoms with Crippen molar-refractivity contribution in [3.63, 3.8) is 0 Å². The number of hydrogen-bond donors (Lipinski definition) is 1. The second-order valence-corrected chi connectivity index (χ2v) is 9.23. The summed E-state index contributed by atoms with van der Waals surface area (Å²) in [5.74, 6) is 0. The lowest BCUT2D eigenvalue weighted by atomic mass is 10.1. The zero-order chi connectivity index (χ0) is 17.3. The summed E-state index contributed by atoms with van der Waals surface area (Å²) in [5.41, 5.74) is 1.67. The molecule has 124 valence electrons. The summed E-state index contributed by atoms with van der Waals surface area (Å²) in [6, 6.07) is 12.3. The van der Waals surface area contributed by atoms with Gasteiger partial charge in [0.2, 0.25) is 10.0 Å². The predicted molar refractivity (Wildman–Crippen MR) is 89.5 cm³/mol. The molecule has 0 aromatic heterocycles. The molecule has 2 rings (SSSR count). The Bertz CT molecular complexity index is 884. The van der Waals surface area contributed by atoms with Crippen molar-refractivity contribution >= 4 is 19.9 Å². The molecular formula is C16H19NO4S2. The first-order valence-electron chi connectivity index (χ1n) is 6.98. The van der Waals surface area contributed by atoms with Crippen LogP contribution in [0.15, 0.2) is 58.3 Å². The van der Waals surface area contributed by atoms with E-state index < -0.39 is 25.9 Å². The molecule has 0 aliphatic heterocycles. The van der Waals surface area contributed by atoms with Crippen LogP contribution < -0.4 is 4.72 Å². The molecule has 0 aliphatic carbocycles. The molecule has 1 atom stereocenters. The lowest BCUT2D eigenvalue weighted by molar-refractivity contribution is 0.566. The molecule has 0 bridgehead atoms. The van der Waals surface area contributed by atoms with Crippen molar-refractivity contribution in [3.05, 3.63) is 59.7 Å². The second kappa shape index (κ2) is 6.43. The third-order valence-electron chi connectivity index (χ3n) is 3.47. The molecule has 0 amide bonds. The van der Waals surface area contributed by atoms with E-state index in [4.69, 9.17) is 0 Å². The topological polar surface area (TPSA) is 80.3 Å². The Hall–Kier alpha value is -1.70. The first-order chi connectivity index (χ1) is 10.6. The number of aryl methyl sites for hydroxylation is 1. The van der Waals surface area contributed by atoms with Crippen molar-refractivity contribution in [1.29, 1.82) is 0 Å². The van der Waals surface area contributed by atoms with E-state index >= 15 is 0 Å². The fourth-order valence-corrected chi connectivity index (χ4v) is 3.95. The van der Waals surface area contributed by atoms with Gasteiger partial charge in [-0.15, -0.1) is 0 Å². The molecule has 0 saturated heterocycles. The quantitative estimate of drug-likeness (QED) is 0.895. The minimum Gasteiger partial charge on any atom is -0.224 e. The summed E-state index contributed by atoms with van der Waals surface area (Å²) < 4.78 is 50.2. The zero-order valence-corrected chi connectivity index (χ0v) is 14.8. The number of sulfone groups is 1. The average molecular weight is 353 g/mol. The van der Waals surface area contributed by atoms with Crippen LogP contribution in [0.2, 0.25) is 0 Å². The molecule has 0 heterocycles. The monoisotopic (exact) mass is 353 g/mol. The minimum absolute atomic E-state index is 0.197. The van der Waals surface area contributed by atoms with Gasteiger partial charge in [-0.1, -0.05) is 29.8 Å². The van der Waals surface area contributed by atoms with Crippen molar-refractivity contribution in [3.8, 4) is 0 Å². The number of sulfonamides is 1. The molecule has 5 nitrogen and oxygen atoms in total. The molecule has 23 heavy (non-hydrogen) atoms. The van der Waals surface area contributed by atoms with Gasteiger partial charge in [0.05, 0.1) is 9.79 Å². The second-order valence-electron chi connectivity index (χ2n) is 5.50. The molecule has 0 radical (unpaired) electrons. The van der Waals surface area contributed by atoms with Crippen LogP contribution in [0.1, 0.15) is 24.1 Å². The Morgan fingerprint density at radius 2 is 1.30 bits per heavy atom. The molecule has 0 fully saturated rings. The Morgan fingerprint density at radius 1 is 0.826 bits per heavy atom. The summed E-state index contributed by atoms with van der Waals surface area (Å²) >= 11 is 0. The van der Waals surface area contributed by atoms with Crippen LogP contribution in [0, 0.1) is 6.92 Å². The Balaban J connectivity index is 2.21. The lowest BCUT2D eigenvalue weighted by Gasteiger charge is -2.15. The highest BCUT2D eigenvalue weighted by molar-refractivity contribution is 7.90. The van der Waals surface area contributed by atoms with Crippen LogP contribution in [0.5, 0.6) is 0 Å². The molecule has 2 aromatic rings. The fourth-order valence-electron chi connectivity index (χ4n) is 2.09. The summed E-state index contributed by atoms with van der Waals surface area (Å²) in [6.07, 6.45) is 1.13. The summed E-state index contributed by atoms with van der Waals surface area (Å²) in [7, 11) is -6.90. The maximum atomic E-state index is 12.3. The van der Waals surface area contributed by atoms with E-state index in [9.17, 15) is 16.8 Å². The lowest BCUT2D eigenvalue weighted by Crippen LogP contribution is -2.26. The first kappa shape index (κ1) is 17.7. The molecule has 0 spiro atoms. The van der Waals surface area contributed by atoms with E-state index in [0.29, 0.717) is 5.56 Å². The van der Waals surface area contributed by atoms with Gasteiger partial charge in [-0.05, 0) is 43.7 Å². The zero-order valence-electron chi connectivity index (χ0n) is 13.1. The highest BCUT2D eigenvalue weighted by Gasteiger charge is 2.18. The number of benzene rings is 2. The van der Waals surface area contributed by atoms with Gasteiger partial charge in [-0.2, -0.15) is 0 Å². The molecular weight excluding hydrogens is 334 g/mol. The van der Waals surface area contributed by atoms with Crippen LogP contribution in [0.4, 0.5) is 0 Å². The van der Waals surface area contributed by atoms with Gasteiger partial charge in [-0.25, -0.2) is 21.6 Å². The van der Waals surface area contributed by atoms with E-state index in [0.717, 1.165) is 11.8 Å². The van der Waals surface area contributed by atoms with Gasteiger partial charge in [0.25, 0.3) is 0 Å². The third-order valence-corrected chi connectivity index (χ3v) is 6.16. The molecule has 1 N–H and O–H groups in total. The first-order valence-corrected chi connectivity index (χ1v) is 10.4. The fraction of sp³-hybridized carbons (Fsp3) is 0.250. The van der Waals surface area contributed by atoms with Crippen LogP contribution in [-0.4, -0.2) is 23.1 Å². The van der Waals surface area contributed by atoms with E-state index in [2.05, 4.69) is 4.72 Å². The molecule has 2 aromatic carbocycles. The normalized spacial score (nSPS) is 13.7. The van der Waals surface area contributed by atoms with E-state index in [1.165, 1.54) is 12.1 Å². The van der Waals surface area contributed by atoms with Crippen LogP contribution in [0.25, 0.3) is 0 Å². The average Bonchev–Trinajstić information content (AvgIpc) is 2.46. The van der Waals surface area contributed by atoms with Gasteiger partial charge in [0, 0.05) is 12.3 Å². The van der Waals surface area contributed by atoms with Crippen molar-refractivity contribution in [1.82, 2.24) is 4.72 Å². The maximum Gasteiger partial charge on any atom is 0.241 e. The van der Waals surface area contributed by atoms with Crippen molar-refractivity contribution in [2.45, 2.75) is 29.7 Å². The Morgan fingerprint density at radius 3 is 1.78 bits per heavy atom. The van der Waals surface area contributed by atoms with Crippen molar-refractivity contribution in [2.24, 2.45) is 0 Å². The Kier molecular flexibility index (Phi) is 4.93.